The average Bonchev–Trinajstić information content (AvgIpc) is 2.55. The van der Waals surface area contributed by atoms with Crippen LogP contribution in [-0.2, 0) is 6.42 Å². The first kappa shape index (κ1) is 14.5. The van der Waals surface area contributed by atoms with Gasteiger partial charge in [0, 0.05) is 28.2 Å². The number of nitrogens with zero attached hydrogens (tertiary/aromatic N) is 3. The number of non-ortho nitro benzene ring substituents is 1. The second-order valence-electron chi connectivity index (χ2n) is 4.69. The number of para-hydroxylation sites is 1. The highest BCUT2D eigenvalue weighted by Gasteiger charge is 2.06. The molecule has 2 aromatic carbocycles. The number of nitro groups is 1. The summed E-state index contributed by atoms with van der Waals surface area (Å²) in [5, 5.41) is 11.7. The van der Waals surface area contributed by atoms with Crippen LogP contribution in [0.15, 0.2) is 59.8 Å². The Labute approximate surface area is 131 Å². The van der Waals surface area contributed by atoms with Crippen molar-refractivity contribution < 1.29 is 4.92 Å². The zero-order valence-corrected chi connectivity index (χ0v) is 12.5. The van der Waals surface area contributed by atoms with Crippen LogP contribution in [0.4, 0.5) is 5.69 Å². The Bertz CT molecular complexity index is 801. The van der Waals surface area contributed by atoms with Gasteiger partial charge in [0.15, 0.2) is 0 Å². The molecule has 0 aliphatic heterocycles. The Kier molecular flexibility index (Phi) is 4.29. The zero-order valence-electron chi connectivity index (χ0n) is 11.7. The maximum atomic E-state index is 10.6. The summed E-state index contributed by atoms with van der Waals surface area (Å²) in [6.07, 6.45) is 2.42. The van der Waals surface area contributed by atoms with Gasteiger partial charge in [-0.05, 0) is 24.6 Å². The Morgan fingerprint density at radius 3 is 2.59 bits per heavy atom. The van der Waals surface area contributed by atoms with Crippen LogP contribution in [0.2, 0.25) is 0 Å². The van der Waals surface area contributed by atoms with Crippen LogP contribution in [-0.4, -0.2) is 20.6 Å². The van der Waals surface area contributed by atoms with E-state index in [4.69, 9.17) is 0 Å². The number of thioether (sulfide) groups is 1. The Morgan fingerprint density at radius 1 is 1.05 bits per heavy atom. The summed E-state index contributed by atoms with van der Waals surface area (Å²) in [5.74, 6) is 0.860. The summed E-state index contributed by atoms with van der Waals surface area (Å²) in [7, 11) is 0. The van der Waals surface area contributed by atoms with Crippen LogP contribution in [0, 0.1) is 10.1 Å². The van der Waals surface area contributed by atoms with Gasteiger partial charge in [0.2, 0.25) is 0 Å². The third kappa shape index (κ3) is 3.23. The molecule has 0 fully saturated rings. The second-order valence-corrected chi connectivity index (χ2v) is 5.86. The molecule has 0 unspecified atom stereocenters. The molecule has 0 bridgehead atoms. The Morgan fingerprint density at radius 2 is 1.82 bits per heavy atom. The van der Waals surface area contributed by atoms with Gasteiger partial charge in [-0.3, -0.25) is 10.1 Å². The Hall–Kier alpha value is -2.47. The molecule has 3 aromatic rings. The first-order valence-electron chi connectivity index (χ1n) is 6.80. The lowest BCUT2D eigenvalue weighted by molar-refractivity contribution is -0.384. The maximum absolute atomic E-state index is 10.6. The molecular formula is C16H13N3O2S. The molecular weight excluding hydrogens is 298 g/mol. The predicted octanol–water partition coefficient (Wildman–Crippen LogP) is 3.87. The van der Waals surface area contributed by atoms with Crippen molar-refractivity contribution in [3.05, 3.63) is 70.7 Å². The van der Waals surface area contributed by atoms with E-state index >= 15 is 0 Å². The minimum atomic E-state index is -0.387. The van der Waals surface area contributed by atoms with Crippen molar-refractivity contribution in [2.45, 2.75) is 11.3 Å². The van der Waals surface area contributed by atoms with Crippen molar-refractivity contribution >= 4 is 28.4 Å². The molecule has 110 valence electrons. The van der Waals surface area contributed by atoms with Crippen LogP contribution in [0.1, 0.15) is 5.69 Å². The topological polar surface area (TPSA) is 68.9 Å². The first-order valence-corrected chi connectivity index (χ1v) is 7.78. The van der Waals surface area contributed by atoms with Crippen molar-refractivity contribution in [3.8, 4) is 0 Å². The average molecular weight is 311 g/mol. The van der Waals surface area contributed by atoms with Gasteiger partial charge < -0.3 is 0 Å². The SMILES string of the molecule is O=[N+]([O-])c1ccc(SCCc2ncnc3ccccc23)cc1. The van der Waals surface area contributed by atoms with Crippen LogP contribution in [0.5, 0.6) is 0 Å². The maximum Gasteiger partial charge on any atom is 0.269 e. The number of rotatable bonds is 5. The molecule has 3 rings (SSSR count). The highest BCUT2D eigenvalue weighted by molar-refractivity contribution is 7.99. The molecule has 1 aromatic heterocycles. The fourth-order valence-corrected chi connectivity index (χ4v) is 3.05. The summed E-state index contributed by atoms with van der Waals surface area (Å²) in [6, 6.07) is 14.6. The van der Waals surface area contributed by atoms with Gasteiger partial charge in [0.25, 0.3) is 5.69 Å². The van der Waals surface area contributed by atoms with Gasteiger partial charge in [-0.1, -0.05) is 18.2 Å². The lowest BCUT2D eigenvalue weighted by atomic mass is 10.1. The molecule has 0 N–H and O–H groups in total. The molecule has 0 saturated carbocycles. The highest BCUT2D eigenvalue weighted by atomic mass is 32.2. The van der Waals surface area contributed by atoms with E-state index < -0.39 is 0 Å². The van der Waals surface area contributed by atoms with E-state index in [1.165, 1.54) is 12.1 Å². The zero-order chi connectivity index (χ0) is 15.4. The van der Waals surface area contributed by atoms with Crippen LogP contribution >= 0.6 is 11.8 Å². The highest BCUT2D eigenvalue weighted by Crippen LogP contribution is 2.23. The summed E-state index contributed by atoms with van der Waals surface area (Å²) in [5.41, 5.74) is 2.10. The Balaban J connectivity index is 1.66. The summed E-state index contributed by atoms with van der Waals surface area (Å²) in [6.45, 7) is 0. The quantitative estimate of drug-likeness (QED) is 0.406. The van der Waals surface area contributed by atoms with E-state index in [1.54, 1.807) is 30.2 Å². The number of hydrogen-bond acceptors (Lipinski definition) is 5. The lowest BCUT2D eigenvalue weighted by Gasteiger charge is -2.05. The van der Waals surface area contributed by atoms with Gasteiger partial charge in [0.05, 0.1) is 16.1 Å². The molecule has 0 radical (unpaired) electrons. The van der Waals surface area contributed by atoms with E-state index in [2.05, 4.69) is 9.97 Å². The number of aryl methyl sites for hydroxylation is 1. The molecule has 0 aliphatic carbocycles. The largest absolute Gasteiger partial charge is 0.269 e. The van der Waals surface area contributed by atoms with E-state index in [0.29, 0.717) is 0 Å². The summed E-state index contributed by atoms with van der Waals surface area (Å²) >= 11 is 1.66. The molecule has 0 spiro atoms. The molecule has 0 saturated heterocycles. The molecule has 1 heterocycles. The molecule has 5 nitrogen and oxygen atoms in total. The number of benzene rings is 2. The van der Waals surface area contributed by atoms with E-state index in [0.717, 1.165) is 33.7 Å². The molecule has 0 aliphatic rings. The van der Waals surface area contributed by atoms with Gasteiger partial charge in [-0.15, -0.1) is 11.8 Å². The number of nitro benzene ring substituents is 1. The smallest absolute Gasteiger partial charge is 0.258 e. The van der Waals surface area contributed by atoms with E-state index in [1.807, 2.05) is 24.3 Å². The van der Waals surface area contributed by atoms with Crippen LogP contribution < -0.4 is 0 Å². The van der Waals surface area contributed by atoms with Crippen molar-refractivity contribution in [3.63, 3.8) is 0 Å². The fourth-order valence-electron chi connectivity index (χ4n) is 2.19. The standard InChI is InChI=1S/C16H13N3O2S/c20-19(21)12-5-7-13(8-6-12)22-10-9-16-14-3-1-2-4-15(14)17-11-18-16/h1-8,11H,9-10H2. The molecule has 0 amide bonds. The summed E-state index contributed by atoms with van der Waals surface area (Å²) in [4.78, 5) is 19.9. The lowest BCUT2D eigenvalue weighted by Crippen LogP contribution is -1.96. The normalized spacial score (nSPS) is 10.7. The van der Waals surface area contributed by atoms with E-state index in [9.17, 15) is 10.1 Å². The number of fused-ring (bicyclic) bond motifs is 1. The van der Waals surface area contributed by atoms with Crippen molar-refractivity contribution in [2.75, 3.05) is 5.75 Å². The third-order valence-corrected chi connectivity index (χ3v) is 4.29. The second kappa shape index (κ2) is 6.53. The van der Waals surface area contributed by atoms with Crippen LogP contribution in [0.3, 0.4) is 0 Å². The van der Waals surface area contributed by atoms with E-state index in [-0.39, 0.29) is 10.6 Å². The van der Waals surface area contributed by atoms with Gasteiger partial charge in [-0.25, -0.2) is 9.97 Å². The monoisotopic (exact) mass is 311 g/mol. The van der Waals surface area contributed by atoms with Crippen LogP contribution in [0.25, 0.3) is 10.9 Å². The summed E-state index contributed by atoms with van der Waals surface area (Å²) < 4.78 is 0. The van der Waals surface area contributed by atoms with Gasteiger partial charge in [0.1, 0.15) is 6.33 Å². The minimum Gasteiger partial charge on any atom is -0.258 e. The molecule has 22 heavy (non-hydrogen) atoms. The van der Waals surface area contributed by atoms with Gasteiger partial charge >= 0.3 is 0 Å². The molecule has 6 heteroatoms. The fraction of sp³-hybridized carbons (Fsp3) is 0.125. The third-order valence-electron chi connectivity index (χ3n) is 3.28. The first-order chi connectivity index (χ1) is 10.7. The van der Waals surface area contributed by atoms with Gasteiger partial charge in [-0.2, -0.15) is 0 Å². The molecule has 0 atom stereocenters. The van der Waals surface area contributed by atoms with Crippen molar-refractivity contribution in [1.82, 2.24) is 9.97 Å². The number of aromatic nitrogens is 2. The minimum absolute atomic E-state index is 0.117. The van der Waals surface area contributed by atoms with Crippen molar-refractivity contribution in [2.24, 2.45) is 0 Å². The predicted molar refractivity (Wildman–Crippen MR) is 87.1 cm³/mol. The number of hydrogen-bond donors (Lipinski definition) is 0. The van der Waals surface area contributed by atoms with Crippen molar-refractivity contribution in [1.29, 1.82) is 0 Å².